The Hall–Kier alpha value is -3.86. The fraction of sp³-hybridized carbons (Fsp3) is 0.481. The zero-order valence-corrected chi connectivity index (χ0v) is 22.6. The zero-order chi connectivity index (χ0) is 26.9. The molecule has 11 nitrogen and oxygen atoms in total. The van der Waals surface area contributed by atoms with E-state index in [4.69, 9.17) is 14.6 Å². The number of nitrogens with one attached hydrogen (secondary N) is 1. The number of carbonyl (C=O) groups is 1. The lowest BCUT2D eigenvalue weighted by Gasteiger charge is -2.27. The van der Waals surface area contributed by atoms with Crippen LogP contribution in [0.25, 0.3) is 33.5 Å². The molecule has 1 fully saturated rings. The Labute approximate surface area is 221 Å². The average molecular weight is 519 g/mol. The molecular weight excluding hydrogens is 484 g/mol. The average Bonchev–Trinajstić information content (AvgIpc) is 3.55. The third-order valence-corrected chi connectivity index (χ3v) is 6.72. The van der Waals surface area contributed by atoms with Crippen LogP contribution in [0.15, 0.2) is 30.6 Å². The van der Waals surface area contributed by atoms with Gasteiger partial charge in [0.25, 0.3) is 0 Å². The highest BCUT2D eigenvalue weighted by Gasteiger charge is 2.25. The van der Waals surface area contributed by atoms with Gasteiger partial charge in [-0.3, -0.25) is 4.98 Å². The van der Waals surface area contributed by atoms with Crippen molar-refractivity contribution in [2.24, 2.45) is 0 Å². The van der Waals surface area contributed by atoms with Gasteiger partial charge in [-0.05, 0) is 87.9 Å². The number of amides is 1. The van der Waals surface area contributed by atoms with Crippen molar-refractivity contribution in [3.63, 3.8) is 0 Å². The number of H-pyrrole nitrogens is 1. The van der Waals surface area contributed by atoms with Gasteiger partial charge in [-0.25, -0.2) is 9.48 Å². The van der Waals surface area contributed by atoms with Crippen LogP contribution < -0.4 is 0 Å². The van der Waals surface area contributed by atoms with E-state index in [2.05, 4.69) is 50.7 Å². The second-order valence-electron chi connectivity index (χ2n) is 10.5. The molecule has 5 rings (SSSR count). The van der Waals surface area contributed by atoms with Crippen molar-refractivity contribution >= 4 is 17.0 Å². The standard InChI is InChI=1S/C27H34N8O3/c1-6-34(26(36)38-27(3,4)5)16-19-14-28-15-21(17(19)2)18-10-11-22-20(13-18)24(25-29-32-33-30-25)31-35(22)23-9-7-8-12-37-23/h10-11,13-15,23H,6-9,12,16H2,1-5H3,(H,29,30,32,33). The normalized spacial score (nSPS) is 16.1. The molecule has 0 radical (unpaired) electrons. The first kappa shape index (κ1) is 25.8. The van der Waals surface area contributed by atoms with E-state index in [1.165, 1.54) is 0 Å². The number of nitrogens with zero attached hydrogens (tertiary/aromatic N) is 7. The van der Waals surface area contributed by atoms with Gasteiger partial charge < -0.3 is 14.4 Å². The number of benzene rings is 1. The highest BCUT2D eigenvalue weighted by atomic mass is 16.6. The highest BCUT2D eigenvalue weighted by Crippen LogP contribution is 2.35. The Kier molecular flexibility index (Phi) is 7.11. The van der Waals surface area contributed by atoms with Gasteiger partial charge >= 0.3 is 6.09 Å². The Bertz CT molecular complexity index is 1420. The largest absolute Gasteiger partial charge is 0.444 e. The number of ether oxygens (including phenoxy) is 2. The maximum absolute atomic E-state index is 12.7. The molecule has 1 aromatic carbocycles. The molecule has 11 heteroatoms. The van der Waals surface area contributed by atoms with Crippen LogP contribution in [0.3, 0.4) is 0 Å². The molecule has 1 atom stereocenters. The minimum Gasteiger partial charge on any atom is -0.444 e. The van der Waals surface area contributed by atoms with Gasteiger partial charge in [0.05, 0.1) is 12.1 Å². The van der Waals surface area contributed by atoms with Crippen molar-refractivity contribution < 1.29 is 14.3 Å². The lowest BCUT2D eigenvalue weighted by Crippen LogP contribution is -2.36. The fourth-order valence-corrected chi connectivity index (χ4v) is 4.73. The number of hydrogen-bond acceptors (Lipinski definition) is 8. The van der Waals surface area contributed by atoms with Crippen LogP contribution in [-0.4, -0.2) is 65.1 Å². The molecule has 4 heterocycles. The van der Waals surface area contributed by atoms with Crippen molar-refractivity contribution in [1.29, 1.82) is 0 Å². The lowest BCUT2D eigenvalue weighted by atomic mass is 9.97. The van der Waals surface area contributed by atoms with Crippen molar-refractivity contribution in [3.05, 3.63) is 41.7 Å². The lowest BCUT2D eigenvalue weighted by molar-refractivity contribution is -0.0365. The minimum absolute atomic E-state index is 0.127. The fourth-order valence-electron chi connectivity index (χ4n) is 4.73. The Morgan fingerprint density at radius 1 is 1.26 bits per heavy atom. The van der Waals surface area contributed by atoms with Crippen LogP contribution in [0.5, 0.6) is 0 Å². The number of aromatic amines is 1. The second kappa shape index (κ2) is 10.5. The number of tetrazole rings is 1. The van der Waals surface area contributed by atoms with E-state index >= 15 is 0 Å². The summed E-state index contributed by atoms with van der Waals surface area (Å²) in [6.45, 7) is 11.3. The van der Waals surface area contributed by atoms with Gasteiger partial charge in [0, 0.05) is 36.5 Å². The van der Waals surface area contributed by atoms with Crippen LogP contribution in [-0.2, 0) is 16.0 Å². The van der Waals surface area contributed by atoms with Crippen molar-refractivity contribution in [2.75, 3.05) is 13.2 Å². The first-order valence-electron chi connectivity index (χ1n) is 13.0. The third-order valence-electron chi connectivity index (χ3n) is 6.72. The summed E-state index contributed by atoms with van der Waals surface area (Å²) in [5.74, 6) is 0.432. The topological polar surface area (TPSA) is 124 Å². The van der Waals surface area contributed by atoms with Gasteiger partial charge in [0.15, 0.2) is 6.23 Å². The first-order valence-corrected chi connectivity index (χ1v) is 13.0. The molecule has 0 spiro atoms. The minimum atomic E-state index is -0.557. The Balaban J connectivity index is 1.52. The Morgan fingerprint density at radius 3 is 2.79 bits per heavy atom. The number of pyridine rings is 1. The van der Waals surface area contributed by atoms with E-state index in [1.807, 2.05) is 44.8 Å². The molecule has 1 aliphatic rings. The number of carbonyl (C=O) groups excluding carboxylic acids is 1. The summed E-state index contributed by atoms with van der Waals surface area (Å²) in [5.41, 5.74) is 5.01. The number of rotatable bonds is 6. The third kappa shape index (κ3) is 5.24. The van der Waals surface area contributed by atoms with Gasteiger partial charge in [0.1, 0.15) is 11.3 Å². The molecule has 38 heavy (non-hydrogen) atoms. The predicted molar refractivity (Wildman–Crippen MR) is 142 cm³/mol. The molecule has 4 aromatic rings. The smallest absolute Gasteiger partial charge is 0.410 e. The summed E-state index contributed by atoms with van der Waals surface area (Å²) in [6.07, 6.45) is 6.26. The molecule has 1 N–H and O–H groups in total. The van der Waals surface area contributed by atoms with Crippen molar-refractivity contribution in [1.82, 2.24) is 40.3 Å². The number of fused-ring (bicyclic) bond motifs is 1. The quantitative estimate of drug-likeness (QED) is 0.376. The van der Waals surface area contributed by atoms with E-state index in [9.17, 15) is 4.79 Å². The summed E-state index contributed by atoms with van der Waals surface area (Å²) in [6, 6.07) is 6.22. The van der Waals surface area contributed by atoms with E-state index in [-0.39, 0.29) is 12.3 Å². The highest BCUT2D eigenvalue weighted by molar-refractivity contribution is 5.95. The summed E-state index contributed by atoms with van der Waals surface area (Å²) in [5, 5.41) is 20.4. The summed E-state index contributed by atoms with van der Waals surface area (Å²) in [4.78, 5) is 18.9. The van der Waals surface area contributed by atoms with Gasteiger partial charge in [-0.15, -0.1) is 10.2 Å². The second-order valence-corrected chi connectivity index (χ2v) is 10.5. The van der Waals surface area contributed by atoms with Crippen LogP contribution in [0.1, 0.15) is 64.3 Å². The molecular formula is C27H34N8O3. The molecule has 1 unspecified atom stereocenters. The summed E-state index contributed by atoms with van der Waals surface area (Å²) < 4.78 is 13.6. The Morgan fingerprint density at radius 2 is 2.11 bits per heavy atom. The molecule has 200 valence electrons. The predicted octanol–water partition coefficient (Wildman–Crippen LogP) is 5.04. The van der Waals surface area contributed by atoms with Gasteiger partial charge in [-0.1, -0.05) is 6.07 Å². The maximum Gasteiger partial charge on any atom is 0.410 e. The zero-order valence-electron chi connectivity index (χ0n) is 22.6. The van der Waals surface area contributed by atoms with Gasteiger partial charge in [-0.2, -0.15) is 10.3 Å². The molecule has 0 bridgehead atoms. The SMILES string of the molecule is CCN(Cc1cncc(-c2ccc3c(c2)c(-c2nn[nH]n2)nn3C2CCCCO2)c1C)C(=O)OC(C)(C)C. The number of aromatic nitrogens is 7. The van der Waals surface area contributed by atoms with E-state index in [1.54, 1.807) is 4.90 Å². The van der Waals surface area contributed by atoms with Crippen LogP contribution in [0, 0.1) is 6.92 Å². The first-order chi connectivity index (χ1) is 18.2. The molecule has 0 saturated carbocycles. The maximum atomic E-state index is 12.7. The molecule has 1 saturated heterocycles. The summed E-state index contributed by atoms with van der Waals surface area (Å²) >= 11 is 0. The van der Waals surface area contributed by atoms with E-state index in [0.717, 1.165) is 59.0 Å². The van der Waals surface area contributed by atoms with Crippen LogP contribution >= 0.6 is 0 Å². The molecule has 0 aliphatic carbocycles. The number of hydrogen-bond donors (Lipinski definition) is 1. The molecule has 1 amide bonds. The molecule has 1 aliphatic heterocycles. The van der Waals surface area contributed by atoms with E-state index < -0.39 is 5.60 Å². The van der Waals surface area contributed by atoms with Crippen molar-refractivity contribution in [3.8, 4) is 22.6 Å². The monoisotopic (exact) mass is 518 g/mol. The summed E-state index contributed by atoms with van der Waals surface area (Å²) in [7, 11) is 0. The molecule has 3 aromatic heterocycles. The van der Waals surface area contributed by atoms with Gasteiger partial charge in [0.2, 0.25) is 5.82 Å². The van der Waals surface area contributed by atoms with Crippen molar-refractivity contribution in [2.45, 2.75) is 72.3 Å². The van der Waals surface area contributed by atoms with E-state index in [0.29, 0.717) is 24.6 Å². The van der Waals surface area contributed by atoms with Crippen LogP contribution in [0.4, 0.5) is 4.79 Å². The van der Waals surface area contributed by atoms with Crippen LogP contribution in [0.2, 0.25) is 0 Å².